The van der Waals surface area contributed by atoms with E-state index in [1.54, 1.807) is 0 Å². The van der Waals surface area contributed by atoms with E-state index in [0.717, 1.165) is 44.0 Å². The Hall–Kier alpha value is -0.770. The smallest absolute Gasteiger partial charge is 0.0434 e. The first kappa shape index (κ1) is 16.6. The Kier molecular flexibility index (Phi) is 6.81. The van der Waals surface area contributed by atoms with Crippen LogP contribution in [0.25, 0.3) is 0 Å². The van der Waals surface area contributed by atoms with Gasteiger partial charge in [-0.15, -0.1) is 0 Å². The third-order valence-corrected chi connectivity index (χ3v) is 4.42. The lowest BCUT2D eigenvalue weighted by Crippen LogP contribution is -2.36. The molecule has 4 heteroatoms. The molecular weight excluding hydrogens is 284 g/mol. The molecule has 0 aliphatic carbocycles. The van der Waals surface area contributed by atoms with Crippen LogP contribution in [-0.4, -0.2) is 31.3 Å². The summed E-state index contributed by atoms with van der Waals surface area (Å²) < 4.78 is 0. The standard InChI is InChI=1S/C17H27ClN2O/c1-2-8-19-12-15-5-6-16(18)11-17(15)20-9-3-4-14(13-20)7-10-21/h5-6,11,14,19,21H,2-4,7-10,12-13H2,1H3. The van der Waals surface area contributed by atoms with E-state index < -0.39 is 0 Å². The van der Waals surface area contributed by atoms with E-state index in [-0.39, 0.29) is 0 Å². The molecule has 1 unspecified atom stereocenters. The molecule has 1 atom stereocenters. The number of benzene rings is 1. The van der Waals surface area contributed by atoms with Crippen molar-refractivity contribution in [1.82, 2.24) is 5.32 Å². The molecule has 0 bridgehead atoms. The number of anilines is 1. The molecule has 0 spiro atoms. The number of hydrogen-bond donors (Lipinski definition) is 2. The van der Waals surface area contributed by atoms with Crippen LogP contribution in [0.4, 0.5) is 5.69 Å². The molecule has 21 heavy (non-hydrogen) atoms. The highest BCUT2D eigenvalue weighted by molar-refractivity contribution is 6.30. The number of nitrogens with one attached hydrogen (secondary N) is 1. The Bertz CT molecular complexity index is 437. The summed E-state index contributed by atoms with van der Waals surface area (Å²) in [5.74, 6) is 0.596. The topological polar surface area (TPSA) is 35.5 Å². The minimum Gasteiger partial charge on any atom is -0.396 e. The molecule has 1 aromatic carbocycles. The summed E-state index contributed by atoms with van der Waals surface area (Å²) in [5, 5.41) is 13.4. The van der Waals surface area contributed by atoms with Crippen molar-refractivity contribution in [3.8, 4) is 0 Å². The van der Waals surface area contributed by atoms with Crippen molar-refractivity contribution >= 4 is 17.3 Å². The van der Waals surface area contributed by atoms with Gasteiger partial charge in [0.2, 0.25) is 0 Å². The molecule has 1 aliphatic heterocycles. The van der Waals surface area contributed by atoms with Crippen molar-refractivity contribution in [1.29, 1.82) is 0 Å². The van der Waals surface area contributed by atoms with E-state index in [1.807, 2.05) is 6.07 Å². The molecule has 118 valence electrons. The maximum absolute atomic E-state index is 9.17. The van der Waals surface area contributed by atoms with Gasteiger partial charge in [-0.3, -0.25) is 0 Å². The lowest BCUT2D eigenvalue weighted by Gasteiger charge is -2.35. The fraction of sp³-hybridized carbons (Fsp3) is 0.647. The maximum atomic E-state index is 9.17. The predicted octanol–water partition coefficient (Wildman–Crippen LogP) is 3.44. The van der Waals surface area contributed by atoms with Crippen LogP contribution in [0.5, 0.6) is 0 Å². The first-order chi connectivity index (χ1) is 10.2. The Labute approximate surface area is 133 Å². The highest BCUT2D eigenvalue weighted by Crippen LogP contribution is 2.30. The first-order valence-corrected chi connectivity index (χ1v) is 8.47. The quantitative estimate of drug-likeness (QED) is 0.757. The van der Waals surface area contributed by atoms with Crippen LogP contribution in [0.1, 0.15) is 38.2 Å². The zero-order valence-electron chi connectivity index (χ0n) is 12.9. The van der Waals surface area contributed by atoms with Crippen molar-refractivity contribution in [2.45, 2.75) is 39.2 Å². The van der Waals surface area contributed by atoms with E-state index in [2.05, 4.69) is 29.3 Å². The van der Waals surface area contributed by atoms with Crippen LogP contribution in [0.15, 0.2) is 18.2 Å². The van der Waals surface area contributed by atoms with Gasteiger partial charge < -0.3 is 15.3 Å². The number of aliphatic hydroxyl groups is 1. The van der Waals surface area contributed by atoms with Gasteiger partial charge in [-0.25, -0.2) is 0 Å². The number of halogens is 1. The predicted molar refractivity (Wildman–Crippen MR) is 90.1 cm³/mol. The zero-order valence-corrected chi connectivity index (χ0v) is 13.7. The fourth-order valence-corrected chi connectivity index (χ4v) is 3.25. The van der Waals surface area contributed by atoms with Crippen molar-refractivity contribution in [2.24, 2.45) is 5.92 Å². The van der Waals surface area contributed by atoms with Crippen molar-refractivity contribution in [3.05, 3.63) is 28.8 Å². The van der Waals surface area contributed by atoms with Crippen LogP contribution in [0.3, 0.4) is 0 Å². The molecule has 0 radical (unpaired) electrons. The largest absolute Gasteiger partial charge is 0.396 e. The lowest BCUT2D eigenvalue weighted by atomic mass is 9.94. The Morgan fingerprint density at radius 2 is 2.29 bits per heavy atom. The Morgan fingerprint density at radius 3 is 3.05 bits per heavy atom. The van der Waals surface area contributed by atoms with E-state index in [0.29, 0.717) is 12.5 Å². The molecule has 2 rings (SSSR count). The number of nitrogens with zero attached hydrogens (tertiary/aromatic N) is 1. The SMILES string of the molecule is CCCNCc1ccc(Cl)cc1N1CCCC(CCO)C1. The monoisotopic (exact) mass is 310 g/mol. The molecule has 3 nitrogen and oxygen atoms in total. The molecule has 2 N–H and O–H groups in total. The highest BCUT2D eigenvalue weighted by atomic mass is 35.5. The molecule has 1 aliphatic rings. The van der Waals surface area contributed by atoms with E-state index in [4.69, 9.17) is 16.7 Å². The highest BCUT2D eigenvalue weighted by Gasteiger charge is 2.21. The Balaban J connectivity index is 2.10. The fourth-order valence-electron chi connectivity index (χ4n) is 3.08. The minimum atomic E-state index is 0.291. The molecule has 1 fully saturated rings. The van der Waals surface area contributed by atoms with E-state index in [1.165, 1.54) is 24.1 Å². The number of aliphatic hydroxyl groups excluding tert-OH is 1. The molecule has 1 saturated heterocycles. The third kappa shape index (κ3) is 4.87. The number of rotatable bonds is 7. The van der Waals surface area contributed by atoms with Gasteiger partial charge in [-0.05, 0) is 55.8 Å². The van der Waals surface area contributed by atoms with Crippen LogP contribution >= 0.6 is 11.6 Å². The van der Waals surface area contributed by atoms with Crippen LogP contribution in [0.2, 0.25) is 5.02 Å². The van der Waals surface area contributed by atoms with Crippen LogP contribution < -0.4 is 10.2 Å². The van der Waals surface area contributed by atoms with Gasteiger partial charge in [0.1, 0.15) is 0 Å². The second-order valence-corrected chi connectivity index (χ2v) is 6.35. The summed E-state index contributed by atoms with van der Waals surface area (Å²) >= 11 is 6.21. The average molecular weight is 311 g/mol. The van der Waals surface area contributed by atoms with Gasteiger partial charge in [-0.2, -0.15) is 0 Å². The molecule has 1 aromatic rings. The van der Waals surface area contributed by atoms with Crippen LogP contribution in [-0.2, 0) is 6.54 Å². The van der Waals surface area contributed by atoms with Gasteiger partial charge >= 0.3 is 0 Å². The zero-order chi connectivity index (χ0) is 15.1. The van der Waals surface area contributed by atoms with Crippen molar-refractivity contribution < 1.29 is 5.11 Å². The van der Waals surface area contributed by atoms with Gasteiger partial charge in [0.15, 0.2) is 0 Å². The summed E-state index contributed by atoms with van der Waals surface area (Å²) in [7, 11) is 0. The maximum Gasteiger partial charge on any atom is 0.0434 e. The summed E-state index contributed by atoms with van der Waals surface area (Å²) in [5.41, 5.74) is 2.58. The van der Waals surface area contributed by atoms with Gasteiger partial charge in [0, 0.05) is 37.0 Å². The van der Waals surface area contributed by atoms with E-state index >= 15 is 0 Å². The first-order valence-electron chi connectivity index (χ1n) is 8.09. The van der Waals surface area contributed by atoms with Crippen LogP contribution in [0, 0.1) is 5.92 Å². The summed E-state index contributed by atoms with van der Waals surface area (Å²) in [6, 6.07) is 6.20. The second-order valence-electron chi connectivity index (χ2n) is 5.92. The molecule has 0 amide bonds. The van der Waals surface area contributed by atoms with Gasteiger partial charge in [0.25, 0.3) is 0 Å². The number of hydrogen-bond acceptors (Lipinski definition) is 3. The molecular formula is C17H27ClN2O. The van der Waals surface area contributed by atoms with Gasteiger partial charge in [-0.1, -0.05) is 24.6 Å². The second kappa shape index (κ2) is 8.62. The number of piperidine rings is 1. The molecule has 1 heterocycles. The van der Waals surface area contributed by atoms with E-state index in [9.17, 15) is 0 Å². The third-order valence-electron chi connectivity index (χ3n) is 4.19. The lowest BCUT2D eigenvalue weighted by molar-refractivity contribution is 0.244. The summed E-state index contributed by atoms with van der Waals surface area (Å²) in [6.45, 7) is 6.51. The molecule has 0 aromatic heterocycles. The average Bonchev–Trinajstić information content (AvgIpc) is 2.49. The summed E-state index contributed by atoms with van der Waals surface area (Å²) in [6.07, 6.45) is 4.46. The van der Waals surface area contributed by atoms with Crippen molar-refractivity contribution in [3.63, 3.8) is 0 Å². The van der Waals surface area contributed by atoms with Gasteiger partial charge in [0.05, 0.1) is 0 Å². The Morgan fingerprint density at radius 1 is 1.43 bits per heavy atom. The minimum absolute atomic E-state index is 0.291. The molecule has 0 saturated carbocycles. The summed E-state index contributed by atoms with van der Waals surface area (Å²) in [4.78, 5) is 2.44. The normalized spacial score (nSPS) is 19.0. The van der Waals surface area contributed by atoms with Crippen molar-refractivity contribution in [2.75, 3.05) is 31.1 Å².